The highest BCUT2D eigenvalue weighted by Crippen LogP contribution is 2.31. The number of carbonyl (C=O) groups excluding carboxylic acids is 1. The number of aromatic nitrogens is 1. The Morgan fingerprint density at radius 1 is 1.06 bits per heavy atom. The second-order valence-corrected chi connectivity index (χ2v) is 9.97. The predicted molar refractivity (Wildman–Crippen MR) is 139 cm³/mol. The third-order valence-electron chi connectivity index (χ3n) is 5.89. The highest BCUT2D eigenvalue weighted by molar-refractivity contribution is 7.92. The van der Waals surface area contributed by atoms with Gasteiger partial charge in [-0.2, -0.15) is 0 Å². The molecule has 0 unspecified atom stereocenters. The van der Waals surface area contributed by atoms with Crippen molar-refractivity contribution in [2.75, 3.05) is 36.5 Å². The minimum absolute atomic E-state index is 0.0203. The number of methoxy groups -OCH3 is 1. The molecule has 0 fully saturated rings. The van der Waals surface area contributed by atoms with Crippen LogP contribution in [0.15, 0.2) is 65.7 Å². The van der Waals surface area contributed by atoms with E-state index in [2.05, 4.69) is 29.0 Å². The van der Waals surface area contributed by atoms with Crippen LogP contribution in [0, 0.1) is 6.92 Å². The lowest BCUT2D eigenvalue weighted by molar-refractivity contribution is 0.0950. The lowest BCUT2D eigenvalue weighted by atomic mass is 10.1. The van der Waals surface area contributed by atoms with E-state index in [1.165, 1.54) is 26.3 Å². The first-order valence-corrected chi connectivity index (χ1v) is 12.9. The first kappa shape index (κ1) is 26.0. The van der Waals surface area contributed by atoms with Gasteiger partial charge in [-0.15, -0.1) is 0 Å². The number of sulfonamides is 1. The zero-order valence-electron chi connectivity index (χ0n) is 20.8. The summed E-state index contributed by atoms with van der Waals surface area (Å²) in [4.78, 5) is 19.6. The van der Waals surface area contributed by atoms with Gasteiger partial charge in [0.15, 0.2) is 0 Å². The van der Waals surface area contributed by atoms with Crippen molar-refractivity contribution in [3.63, 3.8) is 0 Å². The van der Waals surface area contributed by atoms with Crippen molar-refractivity contribution in [2.24, 2.45) is 0 Å². The third kappa shape index (κ3) is 5.74. The van der Waals surface area contributed by atoms with Gasteiger partial charge < -0.3 is 15.0 Å². The Bertz CT molecular complexity index is 1270. The smallest absolute Gasteiger partial charge is 0.264 e. The molecule has 0 aliphatic heterocycles. The second kappa shape index (κ2) is 11.2. The molecule has 1 amide bonds. The summed E-state index contributed by atoms with van der Waals surface area (Å²) in [6.45, 7) is 7.93. The molecular formula is C26H32N4O4S. The quantitative estimate of drug-likeness (QED) is 0.456. The number of hydrogen-bond acceptors (Lipinski definition) is 6. The predicted octanol–water partition coefficient (Wildman–Crippen LogP) is 4.00. The molecule has 35 heavy (non-hydrogen) atoms. The molecule has 1 aromatic heterocycles. The number of hydrogen-bond donors (Lipinski definition) is 1. The molecule has 0 aliphatic rings. The fourth-order valence-electron chi connectivity index (χ4n) is 3.72. The van der Waals surface area contributed by atoms with Gasteiger partial charge in [0.25, 0.3) is 15.9 Å². The minimum atomic E-state index is -3.92. The number of amides is 1. The van der Waals surface area contributed by atoms with E-state index in [9.17, 15) is 13.2 Å². The van der Waals surface area contributed by atoms with Crippen molar-refractivity contribution < 1.29 is 17.9 Å². The Kier molecular flexibility index (Phi) is 8.34. The number of anilines is 2. The van der Waals surface area contributed by atoms with Gasteiger partial charge >= 0.3 is 0 Å². The molecule has 2 aromatic carbocycles. The summed E-state index contributed by atoms with van der Waals surface area (Å²) in [7, 11) is -0.978. The highest BCUT2D eigenvalue weighted by Gasteiger charge is 2.25. The van der Waals surface area contributed by atoms with E-state index < -0.39 is 10.0 Å². The van der Waals surface area contributed by atoms with Crippen LogP contribution in [-0.4, -0.2) is 46.6 Å². The van der Waals surface area contributed by atoms with E-state index >= 15 is 0 Å². The van der Waals surface area contributed by atoms with Gasteiger partial charge in [-0.3, -0.25) is 9.10 Å². The molecular weight excluding hydrogens is 464 g/mol. The van der Waals surface area contributed by atoms with Gasteiger partial charge in [0.2, 0.25) is 0 Å². The average molecular weight is 497 g/mol. The molecule has 186 valence electrons. The maximum atomic E-state index is 13.3. The monoisotopic (exact) mass is 496 g/mol. The molecule has 0 bridgehead atoms. The summed E-state index contributed by atoms with van der Waals surface area (Å²) in [5.41, 5.74) is 2.23. The van der Waals surface area contributed by atoms with Crippen LogP contribution < -0.4 is 19.3 Å². The molecule has 9 heteroatoms. The van der Waals surface area contributed by atoms with E-state index in [-0.39, 0.29) is 17.3 Å². The number of para-hydroxylation sites is 2. The summed E-state index contributed by atoms with van der Waals surface area (Å²) >= 11 is 0. The van der Waals surface area contributed by atoms with Crippen molar-refractivity contribution in [3.8, 4) is 5.75 Å². The Labute approximate surface area is 207 Å². The molecule has 0 saturated heterocycles. The molecule has 1 N–H and O–H groups in total. The molecule has 0 radical (unpaired) electrons. The Balaban J connectivity index is 1.79. The van der Waals surface area contributed by atoms with Crippen LogP contribution in [0.3, 0.4) is 0 Å². The zero-order chi connectivity index (χ0) is 25.6. The molecule has 3 rings (SSSR count). The molecule has 0 atom stereocenters. The number of rotatable bonds is 10. The highest BCUT2D eigenvalue weighted by atomic mass is 32.2. The molecule has 0 saturated carbocycles. The number of nitrogens with zero attached hydrogens (tertiary/aromatic N) is 3. The SMILES string of the molecule is CCN(CC)c1ccc(CNC(=O)c2cc(S(=O)(=O)N(C)c3ccccc3OC)ccc2C)cn1. The molecule has 0 aliphatic carbocycles. The van der Waals surface area contributed by atoms with Gasteiger partial charge in [0.1, 0.15) is 11.6 Å². The fraction of sp³-hybridized carbons (Fsp3) is 0.308. The van der Waals surface area contributed by atoms with E-state index in [0.717, 1.165) is 28.8 Å². The Morgan fingerprint density at radius 3 is 2.40 bits per heavy atom. The third-order valence-corrected chi connectivity index (χ3v) is 7.65. The van der Waals surface area contributed by atoms with Gasteiger partial charge in [-0.1, -0.05) is 24.3 Å². The number of benzene rings is 2. The van der Waals surface area contributed by atoms with Crippen LogP contribution in [0.4, 0.5) is 11.5 Å². The number of pyridine rings is 1. The molecule has 3 aromatic rings. The van der Waals surface area contributed by atoms with Crippen LogP contribution in [0.25, 0.3) is 0 Å². The lowest BCUT2D eigenvalue weighted by Gasteiger charge is -2.22. The normalized spacial score (nSPS) is 11.1. The second-order valence-electron chi connectivity index (χ2n) is 8.00. The summed E-state index contributed by atoms with van der Waals surface area (Å²) in [5.74, 6) is 0.967. The molecule has 8 nitrogen and oxygen atoms in total. The van der Waals surface area contributed by atoms with Gasteiger partial charge in [-0.05, 0) is 62.2 Å². The Hall–Kier alpha value is -3.59. The zero-order valence-corrected chi connectivity index (χ0v) is 21.6. The summed E-state index contributed by atoms with van der Waals surface area (Å²) in [6.07, 6.45) is 1.74. The topological polar surface area (TPSA) is 91.8 Å². The summed E-state index contributed by atoms with van der Waals surface area (Å²) in [5, 5.41) is 2.87. The maximum Gasteiger partial charge on any atom is 0.264 e. The largest absolute Gasteiger partial charge is 0.495 e. The van der Waals surface area contributed by atoms with Crippen LogP contribution in [-0.2, 0) is 16.6 Å². The van der Waals surface area contributed by atoms with E-state index in [1.54, 1.807) is 43.5 Å². The summed E-state index contributed by atoms with van der Waals surface area (Å²) in [6, 6.07) is 15.3. The van der Waals surface area contributed by atoms with E-state index in [4.69, 9.17) is 4.74 Å². The van der Waals surface area contributed by atoms with Crippen LogP contribution in [0.1, 0.15) is 35.3 Å². The first-order valence-electron chi connectivity index (χ1n) is 11.4. The van der Waals surface area contributed by atoms with Crippen molar-refractivity contribution in [1.82, 2.24) is 10.3 Å². The van der Waals surface area contributed by atoms with Crippen molar-refractivity contribution in [1.29, 1.82) is 0 Å². The summed E-state index contributed by atoms with van der Waals surface area (Å²) < 4.78 is 33.1. The van der Waals surface area contributed by atoms with Crippen molar-refractivity contribution in [3.05, 3.63) is 77.5 Å². The molecule has 1 heterocycles. The van der Waals surface area contributed by atoms with E-state index in [1.807, 2.05) is 12.1 Å². The van der Waals surface area contributed by atoms with Gasteiger partial charge in [0.05, 0.1) is 17.7 Å². The van der Waals surface area contributed by atoms with Crippen LogP contribution in [0.2, 0.25) is 0 Å². The van der Waals surface area contributed by atoms with Gasteiger partial charge in [0, 0.05) is 38.4 Å². The number of nitrogens with one attached hydrogen (secondary N) is 1. The van der Waals surface area contributed by atoms with Crippen LogP contribution in [0.5, 0.6) is 5.75 Å². The van der Waals surface area contributed by atoms with Gasteiger partial charge in [-0.25, -0.2) is 13.4 Å². The minimum Gasteiger partial charge on any atom is -0.495 e. The van der Waals surface area contributed by atoms with E-state index in [0.29, 0.717) is 22.6 Å². The standard InChI is InChI=1S/C26H32N4O4S/c1-6-30(7-2)25-15-13-20(17-27-25)18-28-26(31)22-16-21(14-12-19(22)3)35(32,33)29(4)23-10-8-9-11-24(23)34-5/h8-17H,6-7,18H2,1-5H3,(H,28,31). The molecule has 0 spiro atoms. The first-order chi connectivity index (χ1) is 16.7. The van der Waals surface area contributed by atoms with Crippen molar-refractivity contribution in [2.45, 2.75) is 32.2 Å². The fourth-order valence-corrected chi connectivity index (χ4v) is 4.95. The van der Waals surface area contributed by atoms with Crippen LogP contribution >= 0.6 is 0 Å². The maximum absolute atomic E-state index is 13.3. The lowest BCUT2D eigenvalue weighted by Crippen LogP contribution is -2.28. The number of aryl methyl sites for hydroxylation is 1. The number of ether oxygens (including phenoxy) is 1. The van der Waals surface area contributed by atoms with Crippen molar-refractivity contribution >= 4 is 27.4 Å². The average Bonchev–Trinajstić information content (AvgIpc) is 2.88. The Morgan fingerprint density at radius 2 is 1.77 bits per heavy atom. The number of carbonyl (C=O) groups is 1.